The van der Waals surface area contributed by atoms with Crippen molar-refractivity contribution in [2.24, 2.45) is 11.7 Å². The number of aromatic nitrogens is 2. The van der Waals surface area contributed by atoms with Crippen LogP contribution >= 0.6 is 0 Å². The minimum absolute atomic E-state index is 0.00125. The fraction of sp³-hybridized carbons (Fsp3) is 0.636. The van der Waals surface area contributed by atoms with E-state index in [1.165, 1.54) is 6.33 Å². The summed E-state index contributed by atoms with van der Waals surface area (Å²) >= 11 is 0. The Bertz CT molecular complexity index is 304. The average Bonchev–Trinajstić information content (AvgIpc) is 2.77. The van der Waals surface area contributed by atoms with Crippen molar-refractivity contribution < 1.29 is 4.74 Å². The van der Waals surface area contributed by atoms with Gasteiger partial charge in [0.25, 0.3) is 0 Å². The Morgan fingerprint density at radius 3 is 2.93 bits per heavy atom. The first-order valence-electron chi connectivity index (χ1n) is 5.45. The first kappa shape index (κ1) is 10.5. The smallest absolute Gasteiger partial charge is 0.115 e. The Morgan fingerprint density at radius 1 is 1.53 bits per heavy atom. The van der Waals surface area contributed by atoms with Crippen molar-refractivity contribution in [1.29, 1.82) is 0 Å². The van der Waals surface area contributed by atoms with E-state index in [-0.39, 0.29) is 6.04 Å². The maximum Gasteiger partial charge on any atom is 0.115 e. The first-order chi connectivity index (χ1) is 7.33. The third-order valence-electron chi connectivity index (χ3n) is 3.09. The van der Waals surface area contributed by atoms with Crippen molar-refractivity contribution in [1.82, 2.24) is 9.97 Å². The van der Waals surface area contributed by atoms with Crippen LogP contribution in [0.5, 0.6) is 0 Å². The molecule has 1 aromatic rings. The highest BCUT2D eigenvalue weighted by Gasteiger charge is 2.32. The van der Waals surface area contributed by atoms with Crippen LogP contribution in [0.25, 0.3) is 0 Å². The predicted molar refractivity (Wildman–Crippen MR) is 57.1 cm³/mol. The molecule has 1 fully saturated rings. The fourth-order valence-corrected chi connectivity index (χ4v) is 2.23. The molecule has 0 spiro atoms. The van der Waals surface area contributed by atoms with Crippen molar-refractivity contribution in [2.45, 2.75) is 31.9 Å². The molecule has 1 aliphatic rings. The van der Waals surface area contributed by atoms with Crippen LogP contribution in [-0.4, -0.2) is 22.7 Å². The second kappa shape index (κ2) is 4.68. The number of hydrogen-bond acceptors (Lipinski definition) is 4. The van der Waals surface area contributed by atoms with Crippen molar-refractivity contribution in [3.63, 3.8) is 0 Å². The van der Waals surface area contributed by atoms with Crippen molar-refractivity contribution in [3.05, 3.63) is 24.3 Å². The van der Waals surface area contributed by atoms with Crippen molar-refractivity contribution in [3.8, 4) is 0 Å². The van der Waals surface area contributed by atoms with Crippen LogP contribution in [0.2, 0.25) is 0 Å². The molecule has 0 aromatic carbocycles. The quantitative estimate of drug-likeness (QED) is 0.811. The molecule has 15 heavy (non-hydrogen) atoms. The van der Waals surface area contributed by atoms with E-state index < -0.39 is 0 Å². The van der Waals surface area contributed by atoms with Crippen LogP contribution in [0.3, 0.4) is 0 Å². The molecular weight excluding hydrogens is 190 g/mol. The van der Waals surface area contributed by atoms with Gasteiger partial charge in [0, 0.05) is 36.5 Å². The van der Waals surface area contributed by atoms with Crippen LogP contribution in [0.15, 0.2) is 18.7 Å². The lowest BCUT2D eigenvalue weighted by Crippen LogP contribution is -2.28. The molecule has 0 amide bonds. The number of nitrogens with two attached hydrogens (primary N) is 1. The van der Waals surface area contributed by atoms with Crippen LogP contribution in [0.4, 0.5) is 0 Å². The normalized spacial score (nSPS) is 27.9. The lowest BCUT2D eigenvalue weighted by Gasteiger charge is -2.23. The van der Waals surface area contributed by atoms with E-state index >= 15 is 0 Å². The van der Waals surface area contributed by atoms with Gasteiger partial charge in [0.1, 0.15) is 6.33 Å². The van der Waals surface area contributed by atoms with Crippen LogP contribution < -0.4 is 5.73 Å². The molecule has 0 aliphatic carbocycles. The predicted octanol–water partition coefficient (Wildman–Crippen LogP) is 1.29. The molecule has 82 valence electrons. The van der Waals surface area contributed by atoms with E-state index in [4.69, 9.17) is 10.5 Å². The Hall–Kier alpha value is -1.00. The van der Waals surface area contributed by atoms with E-state index in [1.807, 2.05) is 0 Å². The zero-order valence-corrected chi connectivity index (χ0v) is 8.97. The van der Waals surface area contributed by atoms with E-state index in [0.717, 1.165) is 25.0 Å². The summed E-state index contributed by atoms with van der Waals surface area (Å²) in [5, 5.41) is 0. The van der Waals surface area contributed by atoms with Gasteiger partial charge < -0.3 is 10.5 Å². The van der Waals surface area contributed by atoms with Crippen LogP contribution in [-0.2, 0) is 4.74 Å². The molecule has 1 aromatic heterocycles. The molecule has 1 aliphatic heterocycles. The third-order valence-corrected chi connectivity index (χ3v) is 3.09. The first-order valence-corrected chi connectivity index (χ1v) is 5.45. The van der Waals surface area contributed by atoms with Gasteiger partial charge in [-0.15, -0.1) is 0 Å². The summed E-state index contributed by atoms with van der Waals surface area (Å²) in [6.45, 7) is 2.96. The van der Waals surface area contributed by atoms with E-state index in [1.54, 1.807) is 12.4 Å². The van der Waals surface area contributed by atoms with Gasteiger partial charge >= 0.3 is 0 Å². The van der Waals surface area contributed by atoms with Crippen LogP contribution in [0.1, 0.15) is 31.4 Å². The Kier molecular flexibility index (Phi) is 3.28. The molecule has 1 saturated heterocycles. The molecular formula is C11H17N3O. The zero-order valence-electron chi connectivity index (χ0n) is 8.97. The Morgan fingerprint density at radius 2 is 2.27 bits per heavy atom. The van der Waals surface area contributed by atoms with Gasteiger partial charge in [-0.3, -0.25) is 0 Å². The number of nitrogens with zero attached hydrogens (tertiary/aromatic N) is 2. The molecule has 3 atom stereocenters. The second-order valence-corrected chi connectivity index (χ2v) is 3.97. The molecule has 0 radical (unpaired) electrons. The fourth-order valence-electron chi connectivity index (χ4n) is 2.23. The van der Waals surface area contributed by atoms with Crippen LogP contribution in [0, 0.1) is 5.92 Å². The summed E-state index contributed by atoms with van der Waals surface area (Å²) in [7, 11) is 0. The van der Waals surface area contributed by atoms with E-state index in [9.17, 15) is 0 Å². The number of ether oxygens (including phenoxy) is 1. The molecule has 0 bridgehead atoms. The summed E-state index contributed by atoms with van der Waals surface area (Å²) < 4.78 is 5.64. The maximum atomic E-state index is 6.21. The summed E-state index contributed by atoms with van der Waals surface area (Å²) in [5.74, 6) is 0.404. The van der Waals surface area contributed by atoms with Gasteiger partial charge in [-0.1, -0.05) is 6.92 Å². The van der Waals surface area contributed by atoms with Crippen molar-refractivity contribution >= 4 is 0 Å². The van der Waals surface area contributed by atoms with E-state index in [0.29, 0.717) is 12.0 Å². The van der Waals surface area contributed by atoms with Gasteiger partial charge in [0.2, 0.25) is 0 Å². The standard InChI is InChI=1S/C11H17N3O/c1-2-10-9(3-4-15-10)11(12)8-5-13-7-14-6-8/h5-7,9-11H,2-4,12H2,1H3. The zero-order chi connectivity index (χ0) is 10.7. The molecule has 2 rings (SSSR count). The SMILES string of the molecule is CCC1OCCC1C(N)c1cncnc1. The van der Waals surface area contributed by atoms with Gasteiger partial charge in [-0.2, -0.15) is 0 Å². The summed E-state index contributed by atoms with van der Waals surface area (Å²) in [6, 6.07) is -0.00125. The highest BCUT2D eigenvalue weighted by Crippen LogP contribution is 2.32. The number of rotatable bonds is 3. The largest absolute Gasteiger partial charge is 0.378 e. The minimum Gasteiger partial charge on any atom is -0.378 e. The van der Waals surface area contributed by atoms with Gasteiger partial charge in [0.05, 0.1) is 6.10 Å². The molecule has 4 nitrogen and oxygen atoms in total. The molecule has 2 N–H and O–H groups in total. The monoisotopic (exact) mass is 207 g/mol. The molecule has 2 heterocycles. The Balaban J connectivity index is 2.10. The minimum atomic E-state index is -0.00125. The highest BCUT2D eigenvalue weighted by atomic mass is 16.5. The third kappa shape index (κ3) is 2.16. The van der Waals surface area contributed by atoms with Gasteiger partial charge in [0.15, 0.2) is 0 Å². The van der Waals surface area contributed by atoms with Crippen molar-refractivity contribution in [2.75, 3.05) is 6.61 Å². The average molecular weight is 207 g/mol. The van der Waals surface area contributed by atoms with Gasteiger partial charge in [-0.05, 0) is 12.8 Å². The molecule has 0 saturated carbocycles. The Labute approximate surface area is 89.9 Å². The second-order valence-electron chi connectivity index (χ2n) is 3.97. The lowest BCUT2D eigenvalue weighted by molar-refractivity contribution is 0.0813. The topological polar surface area (TPSA) is 61.0 Å². The number of hydrogen-bond donors (Lipinski definition) is 1. The van der Waals surface area contributed by atoms with E-state index in [2.05, 4.69) is 16.9 Å². The highest BCUT2D eigenvalue weighted by molar-refractivity contribution is 5.11. The molecule has 3 unspecified atom stereocenters. The summed E-state index contributed by atoms with van der Waals surface area (Å²) in [4.78, 5) is 7.99. The molecule has 4 heteroatoms. The van der Waals surface area contributed by atoms with Gasteiger partial charge in [-0.25, -0.2) is 9.97 Å². The lowest BCUT2D eigenvalue weighted by atomic mass is 9.88. The summed E-state index contributed by atoms with van der Waals surface area (Å²) in [5.41, 5.74) is 7.21. The summed E-state index contributed by atoms with van der Waals surface area (Å²) in [6.07, 6.45) is 7.46. The maximum absolute atomic E-state index is 6.21.